The van der Waals surface area contributed by atoms with Crippen LogP contribution in [0.1, 0.15) is 39.6 Å². The number of carbonyl (C=O) groups excluding carboxylic acids is 2. The van der Waals surface area contributed by atoms with Crippen LogP contribution in [0.25, 0.3) is 0 Å². The van der Waals surface area contributed by atoms with E-state index >= 15 is 0 Å². The summed E-state index contributed by atoms with van der Waals surface area (Å²) in [6.45, 7) is 3.67. The Bertz CT molecular complexity index is 630. The maximum absolute atomic E-state index is 12.1. The van der Waals surface area contributed by atoms with Gasteiger partial charge in [-0.25, -0.2) is 4.79 Å². The molecular weight excluding hydrogens is 252 g/mol. The van der Waals surface area contributed by atoms with Crippen LogP contribution >= 0.6 is 0 Å². The van der Waals surface area contributed by atoms with E-state index in [0.717, 1.165) is 5.56 Å². The van der Waals surface area contributed by atoms with E-state index in [0.29, 0.717) is 23.3 Å². The molecule has 102 valence electrons. The molecule has 0 saturated heterocycles. The predicted molar refractivity (Wildman–Crippen MR) is 77.2 cm³/mol. The summed E-state index contributed by atoms with van der Waals surface area (Å²) in [6, 6.07) is 14.0. The number of benzene rings is 2. The van der Waals surface area contributed by atoms with Crippen LogP contribution in [0.15, 0.2) is 48.5 Å². The minimum absolute atomic E-state index is 0.0409. The second kappa shape index (κ2) is 6.15. The van der Waals surface area contributed by atoms with Gasteiger partial charge in [-0.05, 0) is 36.8 Å². The third-order valence-electron chi connectivity index (χ3n) is 2.97. The quantitative estimate of drug-likeness (QED) is 0.481. The van der Waals surface area contributed by atoms with Gasteiger partial charge in [-0.1, -0.05) is 31.2 Å². The zero-order valence-corrected chi connectivity index (χ0v) is 11.6. The van der Waals surface area contributed by atoms with Crippen molar-refractivity contribution in [3.8, 4) is 5.75 Å². The summed E-state index contributed by atoms with van der Waals surface area (Å²) in [4.78, 5) is 23.9. The molecule has 0 saturated carbocycles. The van der Waals surface area contributed by atoms with Crippen LogP contribution < -0.4 is 4.74 Å². The standard InChI is InChI=1S/C17H16O3/c1-3-15(18)14-10-9-12(2)11-16(14)20-17(19)13-7-5-4-6-8-13/h4-11H,3H2,1-2H3. The summed E-state index contributed by atoms with van der Waals surface area (Å²) in [5.74, 6) is -0.173. The van der Waals surface area contributed by atoms with Gasteiger partial charge in [-0.15, -0.1) is 0 Å². The zero-order chi connectivity index (χ0) is 14.5. The molecule has 2 rings (SSSR count). The van der Waals surface area contributed by atoms with E-state index in [1.54, 1.807) is 43.3 Å². The van der Waals surface area contributed by atoms with Gasteiger partial charge in [0.15, 0.2) is 5.78 Å². The van der Waals surface area contributed by atoms with E-state index in [1.165, 1.54) is 0 Å². The third-order valence-corrected chi connectivity index (χ3v) is 2.97. The molecule has 0 aliphatic carbocycles. The fraction of sp³-hybridized carbons (Fsp3) is 0.176. The first-order valence-corrected chi connectivity index (χ1v) is 6.53. The Morgan fingerprint density at radius 1 is 1.05 bits per heavy atom. The number of carbonyl (C=O) groups is 2. The molecule has 0 aliphatic heterocycles. The summed E-state index contributed by atoms with van der Waals surface area (Å²) >= 11 is 0. The van der Waals surface area contributed by atoms with Crippen molar-refractivity contribution < 1.29 is 14.3 Å². The molecule has 0 amide bonds. The van der Waals surface area contributed by atoms with Crippen LogP contribution in [0.3, 0.4) is 0 Å². The first-order valence-electron chi connectivity index (χ1n) is 6.53. The van der Waals surface area contributed by atoms with Crippen LogP contribution in [-0.2, 0) is 0 Å². The Hall–Kier alpha value is -2.42. The molecular formula is C17H16O3. The molecule has 0 aliphatic rings. The average molecular weight is 268 g/mol. The minimum Gasteiger partial charge on any atom is -0.422 e. The topological polar surface area (TPSA) is 43.4 Å². The maximum atomic E-state index is 12.1. The van der Waals surface area contributed by atoms with E-state index in [2.05, 4.69) is 0 Å². The van der Waals surface area contributed by atoms with Gasteiger partial charge in [-0.3, -0.25) is 4.79 Å². The molecule has 2 aromatic carbocycles. The van der Waals surface area contributed by atoms with Crippen molar-refractivity contribution >= 4 is 11.8 Å². The van der Waals surface area contributed by atoms with Crippen LogP contribution in [0.5, 0.6) is 5.75 Å². The molecule has 0 N–H and O–H groups in total. The number of esters is 1. The van der Waals surface area contributed by atoms with Gasteiger partial charge in [-0.2, -0.15) is 0 Å². The normalized spacial score (nSPS) is 10.1. The Balaban J connectivity index is 2.31. The summed E-state index contributed by atoms with van der Waals surface area (Å²) in [7, 11) is 0. The van der Waals surface area contributed by atoms with Crippen molar-refractivity contribution in [2.45, 2.75) is 20.3 Å². The lowest BCUT2D eigenvalue weighted by Crippen LogP contribution is -2.11. The van der Waals surface area contributed by atoms with Crippen molar-refractivity contribution in [3.05, 3.63) is 65.2 Å². The van der Waals surface area contributed by atoms with Crippen molar-refractivity contribution in [3.63, 3.8) is 0 Å². The summed E-state index contributed by atoms with van der Waals surface area (Å²) in [5.41, 5.74) is 1.85. The highest BCUT2D eigenvalue weighted by Crippen LogP contribution is 2.23. The Kier molecular flexibility index (Phi) is 4.31. The zero-order valence-electron chi connectivity index (χ0n) is 11.6. The van der Waals surface area contributed by atoms with Gasteiger partial charge in [0.25, 0.3) is 0 Å². The molecule has 0 unspecified atom stereocenters. The number of aryl methyl sites for hydroxylation is 1. The molecule has 0 bridgehead atoms. The monoisotopic (exact) mass is 268 g/mol. The largest absolute Gasteiger partial charge is 0.422 e. The lowest BCUT2D eigenvalue weighted by Gasteiger charge is -2.10. The molecule has 0 atom stereocenters. The number of ketones is 1. The number of ether oxygens (including phenoxy) is 1. The first-order chi connectivity index (χ1) is 9.61. The number of hydrogen-bond donors (Lipinski definition) is 0. The van der Waals surface area contributed by atoms with Crippen LogP contribution in [0.4, 0.5) is 0 Å². The predicted octanol–water partition coefficient (Wildman–Crippen LogP) is 3.81. The summed E-state index contributed by atoms with van der Waals surface area (Å²) in [5, 5.41) is 0. The number of hydrogen-bond acceptors (Lipinski definition) is 3. The molecule has 3 nitrogen and oxygen atoms in total. The molecule has 0 spiro atoms. The highest BCUT2D eigenvalue weighted by atomic mass is 16.5. The maximum Gasteiger partial charge on any atom is 0.343 e. The van der Waals surface area contributed by atoms with Crippen molar-refractivity contribution in [1.29, 1.82) is 0 Å². The third kappa shape index (κ3) is 3.12. The van der Waals surface area contributed by atoms with Crippen molar-refractivity contribution in [2.75, 3.05) is 0 Å². The van der Waals surface area contributed by atoms with Crippen LogP contribution in [0.2, 0.25) is 0 Å². The molecule has 3 heteroatoms. The molecule has 20 heavy (non-hydrogen) atoms. The smallest absolute Gasteiger partial charge is 0.343 e. The second-order valence-electron chi connectivity index (χ2n) is 4.53. The minimum atomic E-state index is -0.457. The van der Waals surface area contributed by atoms with Gasteiger partial charge in [0.1, 0.15) is 5.75 Å². The lowest BCUT2D eigenvalue weighted by atomic mass is 10.1. The molecule has 0 fully saturated rings. The fourth-order valence-electron chi connectivity index (χ4n) is 1.87. The number of rotatable bonds is 4. The molecule has 0 aromatic heterocycles. The van der Waals surface area contributed by atoms with Gasteiger partial charge in [0.05, 0.1) is 11.1 Å². The van der Waals surface area contributed by atoms with E-state index in [9.17, 15) is 9.59 Å². The van der Waals surface area contributed by atoms with Gasteiger partial charge < -0.3 is 4.74 Å². The average Bonchev–Trinajstić information content (AvgIpc) is 2.47. The van der Waals surface area contributed by atoms with Crippen molar-refractivity contribution in [2.24, 2.45) is 0 Å². The Morgan fingerprint density at radius 3 is 2.40 bits per heavy atom. The Morgan fingerprint density at radius 2 is 1.75 bits per heavy atom. The van der Waals surface area contributed by atoms with Gasteiger partial charge >= 0.3 is 5.97 Å². The fourth-order valence-corrected chi connectivity index (χ4v) is 1.87. The van der Waals surface area contributed by atoms with E-state index in [-0.39, 0.29) is 5.78 Å². The van der Waals surface area contributed by atoms with Gasteiger partial charge in [0, 0.05) is 6.42 Å². The molecule has 2 aromatic rings. The highest BCUT2D eigenvalue weighted by molar-refractivity contribution is 6.00. The molecule has 0 heterocycles. The van der Waals surface area contributed by atoms with Crippen molar-refractivity contribution in [1.82, 2.24) is 0 Å². The lowest BCUT2D eigenvalue weighted by molar-refractivity contribution is 0.0732. The Labute approximate surface area is 118 Å². The highest BCUT2D eigenvalue weighted by Gasteiger charge is 2.15. The SMILES string of the molecule is CCC(=O)c1ccc(C)cc1OC(=O)c1ccccc1. The van der Waals surface area contributed by atoms with Crippen LogP contribution in [-0.4, -0.2) is 11.8 Å². The van der Waals surface area contributed by atoms with E-state index in [4.69, 9.17) is 4.74 Å². The number of Topliss-reactive ketones (excluding diaryl/α,β-unsaturated/α-hetero) is 1. The van der Waals surface area contributed by atoms with Crippen LogP contribution in [0, 0.1) is 6.92 Å². The van der Waals surface area contributed by atoms with E-state index in [1.807, 2.05) is 19.1 Å². The van der Waals surface area contributed by atoms with Gasteiger partial charge in [0.2, 0.25) is 0 Å². The second-order valence-corrected chi connectivity index (χ2v) is 4.53. The van der Waals surface area contributed by atoms with E-state index < -0.39 is 5.97 Å². The summed E-state index contributed by atoms with van der Waals surface area (Å²) < 4.78 is 5.38. The first kappa shape index (κ1) is 14.0. The molecule has 0 radical (unpaired) electrons. The summed E-state index contributed by atoms with van der Waals surface area (Å²) in [6.07, 6.45) is 0.374.